The minimum Gasteiger partial charge on any atom is -0.389 e. The molecule has 2 aliphatic heterocycles. The van der Waals surface area contributed by atoms with Crippen LogP contribution in [0.2, 0.25) is 0 Å². The predicted molar refractivity (Wildman–Crippen MR) is 205 cm³/mol. The van der Waals surface area contributed by atoms with Gasteiger partial charge < -0.3 is 29.9 Å². The molecule has 2 fully saturated rings. The summed E-state index contributed by atoms with van der Waals surface area (Å²) < 4.78 is 26.5. The van der Waals surface area contributed by atoms with Crippen LogP contribution in [0.1, 0.15) is 94.2 Å². The summed E-state index contributed by atoms with van der Waals surface area (Å²) in [6.45, 7) is 7.77. The first-order chi connectivity index (χ1) is 25.9. The summed E-state index contributed by atoms with van der Waals surface area (Å²) in [4.78, 5) is 36.2. The number of thiazole rings is 1. The van der Waals surface area contributed by atoms with Gasteiger partial charge in [-0.05, 0) is 88.3 Å². The molecule has 2 aliphatic rings. The van der Waals surface area contributed by atoms with E-state index in [4.69, 9.17) is 9.47 Å². The molecule has 0 aliphatic carbocycles. The van der Waals surface area contributed by atoms with Crippen LogP contribution in [0.5, 0.6) is 0 Å². The molecule has 2 amide bonds. The van der Waals surface area contributed by atoms with Crippen LogP contribution < -0.4 is 5.32 Å². The number of ether oxygens (including phenoxy) is 2. The molecule has 0 spiro atoms. The number of carbonyl (C=O) groups is 2. The molecule has 3 heterocycles. The van der Waals surface area contributed by atoms with Gasteiger partial charge in [0.25, 0.3) is 11.8 Å². The van der Waals surface area contributed by atoms with E-state index in [2.05, 4.69) is 10.3 Å². The molecular formula is C42H51FN4O6S. The number of aryl methyl sites for hydroxylation is 1. The number of aromatic nitrogens is 1. The highest BCUT2D eigenvalue weighted by molar-refractivity contribution is 7.09. The number of nitrogens with zero attached hydrogens (tertiary/aromatic N) is 3. The summed E-state index contributed by atoms with van der Waals surface area (Å²) in [6.07, 6.45) is -0.646. The maximum Gasteiger partial charge on any atom is 0.254 e. The molecule has 2 saturated heterocycles. The lowest BCUT2D eigenvalue weighted by atomic mass is 9.94. The number of alkyl halides is 1. The summed E-state index contributed by atoms with van der Waals surface area (Å²) in [6, 6.07) is 22.0. The van der Waals surface area contributed by atoms with Crippen LogP contribution in [0.25, 0.3) is 0 Å². The van der Waals surface area contributed by atoms with E-state index < -0.39 is 42.8 Å². The van der Waals surface area contributed by atoms with E-state index in [0.29, 0.717) is 26.1 Å². The van der Waals surface area contributed by atoms with Crippen molar-refractivity contribution in [1.82, 2.24) is 20.1 Å². The van der Waals surface area contributed by atoms with Crippen molar-refractivity contribution in [2.45, 2.75) is 109 Å². The SMILES string of the molecule is Cc1csc(C2CCCN2C(=O)c2cc(CF)cc(C(=O)NC(Cc3ccccc3)C(O)C3CC(OCc4ccccc4)CN3C(O)OC(C)(C)C)c2)n1. The highest BCUT2D eigenvalue weighted by Gasteiger charge is 2.44. The van der Waals surface area contributed by atoms with Crippen LogP contribution in [-0.4, -0.2) is 86.2 Å². The van der Waals surface area contributed by atoms with Gasteiger partial charge in [-0.3, -0.25) is 9.59 Å². The van der Waals surface area contributed by atoms with Gasteiger partial charge in [0.1, 0.15) is 11.7 Å². The molecule has 10 nitrogen and oxygen atoms in total. The Balaban J connectivity index is 1.26. The second-order valence-corrected chi connectivity index (χ2v) is 16.2. The van der Waals surface area contributed by atoms with Crippen molar-refractivity contribution in [2.75, 3.05) is 13.1 Å². The third-order valence-corrected chi connectivity index (χ3v) is 11.0. The van der Waals surface area contributed by atoms with Crippen molar-refractivity contribution in [1.29, 1.82) is 0 Å². The average Bonchev–Trinajstić information content (AvgIpc) is 3.93. The Morgan fingerprint density at radius 2 is 1.69 bits per heavy atom. The molecule has 0 radical (unpaired) electrons. The summed E-state index contributed by atoms with van der Waals surface area (Å²) in [5, 5.41) is 29.4. The molecule has 0 bridgehead atoms. The van der Waals surface area contributed by atoms with Crippen LogP contribution in [0.4, 0.5) is 4.39 Å². The fraction of sp³-hybridized carbons (Fsp3) is 0.452. The number of nitrogens with one attached hydrogen (secondary N) is 1. The zero-order valence-corrected chi connectivity index (χ0v) is 32.2. The smallest absolute Gasteiger partial charge is 0.254 e. The van der Waals surface area contributed by atoms with E-state index in [0.717, 1.165) is 34.7 Å². The van der Waals surface area contributed by atoms with Crippen LogP contribution in [0.3, 0.4) is 0 Å². The van der Waals surface area contributed by atoms with E-state index in [-0.39, 0.29) is 41.2 Å². The normalized spacial score (nSPS) is 20.9. The van der Waals surface area contributed by atoms with Crippen LogP contribution in [0.15, 0.2) is 84.2 Å². The van der Waals surface area contributed by atoms with E-state index in [1.54, 1.807) is 9.80 Å². The summed E-state index contributed by atoms with van der Waals surface area (Å²) in [5.74, 6) is -0.840. The first kappa shape index (κ1) is 39.6. The predicted octanol–water partition coefficient (Wildman–Crippen LogP) is 6.35. The van der Waals surface area contributed by atoms with E-state index in [9.17, 15) is 24.2 Å². The number of halogens is 1. The van der Waals surface area contributed by atoms with Gasteiger partial charge in [-0.15, -0.1) is 11.3 Å². The second-order valence-electron chi connectivity index (χ2n) is 15.3. The average molecular weight is 759 g/mol. The third-order valence-electron chi connectivity index (χ3n) is 9.93. The molecule has 1 aromatic heterocycles. The van der Waals surface area contributed by atoms with Crippen molar-refractivity contribution >= 4 is 23.2 Å². The van der Waals surface area contributed by atoms with Crippen LogP contribution in [0, 0.1) is 6.92 Å². The van der Waals surface area contributed by atoms with Crippen molar-refractivity contribution in [3.8, 4) is 0 Å². The number of hydrogen-bond acceptors (Lipinski definition) is 9. The fourth-order valence-corrected chi connectivity index (χ4v) is 8.30. The van der Waals surface area contributed by atoms with Crippen molar-refractivity contribution in [3.63, 3.8) is 0 Å². The Morgan fingerprint density at radius 3 is 2.33 bits per heavy atom. The highest BCUT2D eigenvalue weighted by atomic mass is 32.1. The number of carbonyl (C=O) groups excluding carboxylic acids is 2. The van der Waals surface area contributed by atoms with E-state index >= 15 is 0 Å². The topological polar surface area (TPSA) is 124 Å². The van der Waals surface area contributed by atoms with Crippen molar-refractivity contribution < 1.29 is 33.7 Å². The molecule has 288 valence electrons. The maximum atomic E-state index is 14.3. The lowest BCUT2D eigenvalue weighted by Crippen LogP contribution is -2.56. The zero-order valence-electron chi connectivity index (χ0n) is 31.4. The molecule has 6 atom stereocenters. The Labute approximate surface area is 320 Å². The quantitative estimate of drug-likeness (QED) is 0.127. The monoisotopic (exact) mass is 758 g/mol. The van der Waals surface area contributed by atoms with Crippen molar-refractivity contribution in [3.05, 3.63) is 123 Å². The zero-order chi connectivity index (χ0) is 38.4. The Morgan fingerprint density at radius 1 is 1.00 bits per heavy atom. The maximum absolute atomic E-state index is 14.3. The summed E-state index contributed by atoms with van der Waals surface area (Å²) in [5.41, 5.74) is 2.63. The Kier molecular flexibility index (Phi) is 12.9. The standard InChI is InChI=1S/C42H51FN4O6S/c1-27-26-54-39(44-27)35-16-11-17-46(35)40(50)32-19-30(23-43)18-31(21-32)38(49)45-34(20-28-12-7-5-8-13-28)37(48)36-22-33(52-25-29-14-9-6-10-15-29)24-47(36)41(51)53-42(2,3)4/h5-10,12-15,18-19,21,26,33-37,41,48,51H,11,16-17,20,22-25H2,1-4H3,(H,45,49). The number of hydrogen-bond donors (Lipinski definition) is 3. The molecule has 4 aromatic rings. The number of amides is 2. The third kappa shape index (κ3) is 9.98. The van der Waals surface area contributed by atoms with Gasteiger partial charge in [-0.2, -0.15) is 0 Å². The lowest BCUT2D eigenvalue weighted by molar-refractivity contribution is -0.249. The van der Waals surface area contributed by atoms with E-state index in [1.807, 2.05) is 93.7 Å². The number of aliphatic hydroxyl groups excluding tert-OH is 2. The molecule has 3 N–H and O–H groups in total. The molecule has 0 saturated carbocycles. The van der Waals surface area contributed by atoms with Crippen molar-refractivity contribution in [2.24, 2.45) is 0 Å². The van der Waals surface area contributed by atoms with Gasteiger partial charge >= 0.3 is 0 Å². The number of aliphatic hydroxyl groups is 2. The number of likely N-dealkylation sites (tertiary alicyclic amines) is 2. The molecule has 3 aromatic carbocycles. The highest BCUT2D eigenvalue weighted by Crippen LogP contribution is 2.35. The minimum absolute atomic E-state index is 0.114. The lowest BCUT2D eigenvalue weighted by Gasteiger charge is -2.37. The molecule has 12 heteroatoms. The van der Waals surface area contributed by atoms with Gasteiger partial charge in [-0.25, -0.2) is 14.3 Å². The first-order valence-electron chi connectivity index (χ1n) is 18.6. The fourth-order valence-electron chi connectivity index (χ4n) is 7.36. The summed E-state index contributed by atoms with van der Waals surface area (Å²) in [7, 11) is 0. The molecule has 6 unspecified atom stereocenters. The van der Waals surface area contributed by atoms with E-state index in [1.165, 1.54) is 29.5 Å². The minimum atomic E-state index is -1.35. The first-order valence-corrected chi connectivity index (χ1v) is 19.5. The summed E-state index contributed by atoms with van der Waals surface area (Å²) >= 11 is 1.52. The van der Waals surface area contributed by atoms with Crippen LogP contribution >= 0.6 is 11.3 Å². The van der Waals surface area contributed by atoms with Gasteiger partial charge in [-0.1, -0.05) is 60.7 Å². The van der Waals surface area contributed by atoms with Gasteiger partial charge in [0.15, 0.2) is 0 Å². The Hall–Kier alpha value is -4.04. The molecule has 6 rings (SSSR count). The molecule has 54 heavy (non-hydrogen) atoms. The second kappa shape index (κ2) is 17.6. The van der Waals surface area contributed by atoms with Gasteiger partial charge in [0.2, 0.25) is 6.41 Å². The van der Waals surface area contributed by atoms with Gasteiger partial charge in [0, 0.05) is 41.3 Å². The van der Waals surface area contributed by atoms with Crippen LogP contribution in [-0.2, 0) is 29.2 Å². The van der Waals surface area contributed by atoms with Gasteiger partial charge in [0.05, 0.1) is 36.5 Å². The number of rotatable bonds is 14. The Bertz CT molecular complexity index is 1850. The number of benzene rings is 3. The molecular weight excluding hydrogens is 708 g/mol. The largest absolute Gasteiger partial charge is 0.389 e.